The minimum Gasteiger partial charge on any atom is -0.486 e. The summed E-state index contributed by atoms with van der Waals surface area (Å²) in [4.78, 5) is 33.6. The highest BCUT2D eigenvalue weighted by molar-refractivity contribution is 5.83. The molecule has 0 aromatic heterocycles. The Balaban J connectivity index is 2.19. The van der Waals surface area contributed by atoms with Crippen LogP contribution in [0.25, 0.3) is 11.1 Å². The molecule has 0 amide bonds. The van der Waals surface area contributed by atoms with E-state index in [2.05, 4.69) is 19.7 Å². The summed E-state index contributed by atoms with van der Waals surface area (Å²) in [6.07, 6.45) is 3.00. The standard InChI is InChI=1S/C25H23FO8/c1-4-23(27)32-13-11-30-21-10-8-18(16-22(21)31-12-14-33-24(28)5-2)17-7-9-20(19(26)15-17)34-25(29)6-3/h4-10,15-16H,1-3,11-14H2. The fourth-order valence-corrected chi connectivity index (χ4v) is 2.54. The molecule has 0 bridgehead atoms. The smallest absolute Gasteiger partial charge is 0.335 e. The molecule has 2 aromatic rings. The van der Waals surface area contributed by atoms with E-state index >= 15 is 0 Å². The predicted molar refractivity (Wildman–Crippen MR) is 121 cm³/mol. The van der Waals surface area contributed by atoms with E-state index in [-0.39, 0.29) is 37.9 Å². The Kier molecular flexibility index (Phi) is 10.1. The third kappa shape index (κ3) is 7.94. The zero-order valence-electron chi connectivity index (χ0n) is 18.3. The van der Waals surface area contributed by atoms with Gasteiger partial charge in [-0.15, -0.1) is 0 Å². The molecule has 9 heteroatoms. The molecule has 0 saturated heterocycles. The van der Waals surface area contributed by atoms with Crippen molar-refractivity contribution in [2.24, 2.45) is 0 Å². The monoisotopic (exact) mass is 470 g/mol. The van der Waals surface area contributed by atoms with E-state index < -0.39 is 23.7 Å². The van der Waals surface area contributed by atoms with E-state index in [4.69, 9.17) is 23.7 Å². The van der Waals surface area contributed by atoms with Crippen LogP contribution in [-0.4, -0.2) is 44.3 Å². The van der Waals surface area contributed by atoms with Gasteiger partial charge in [-0.25, -0.2) is 18.8 Å². The first-order valence-electron chi connectivity index (χ1n) is 10.00. The molecule has 0 unspecified atom stereocenters. The topological polar surface area (TPSA) is 97.4 Å². The minimum atomic E-state index is -0.778. The summed E-state index contributed by atoms with van der Waals surface area (Å²) < 4.78 is 40.3. The van der Waals surface area contributed by atoms with Crippen molar-refractivity contribution in [2.45, 2.75) is 0 Å². The first-order chi connectivity index (χ1) is 16.4. The van der Waals surface area contributed by atoms with Crippen molar-refractivity contribution in [3.05, 3.63) is 80.2 Å². The number of halogens is 1. The van der Waals surface area contributed by atoms with Crippen molar-refractivity contribution in [1.29, 1.82) is 0 Å². The van der Waals surface area contributed by atoms with Crippen LogP contribution in [0.5, 0.6) is 17.2 Å². The Morgan fingerprint density at radius 3 is 1.71 bits per heavy atom. The summed E-state index contributed by atoms with van der Waals surface area (Å²) in [6, 6.07) is 8.95. The number of benzene rings is 2. The Morgan fingerprint density at radius 2 is 1.18 bits per heavy atom. The summed E-state index contributed by atoms with van der Waals surface area (Å²) in [5.41, 5.74) is 1.05. The van der Waals surface area contributed by atoms with Gasteiger partial charge in [-0.3, -0.25) is 0 Å². The maximum Gasteiger partial charge on any atom is 0.335 e. The highest BCUT2D eigenvalue weighted by atomic mass is 19.1. The molecule has 178 valence electrons. The van der Waals surface area contributed by atoms with Gasteiger partial charge in [-0.2, -0.15) is 0 Å². The lowest BCUT2D eigenvalue weighted by Gasteiger charge is -2.15. The van der Waals surface area contributed by atoms with E-state index in [0.29, 0.717) is 16.9 Å². The lowest BCUT2D eigenvalue weighted by molar-refractivity contribution is -0.139. The van der Waals surface area contributed by atoms with Crippen LogP contribution in [0, 0.1) is 5.82 Å². The van der Waals surface area contributed by atoms with Crippen molar-refractivity contribution in [1.82, 2.24) is 0 Å². The number of ether oxygens (including phenoxy) is 5. The van der Waals surface area contributed by atoms with E-state index in [9.17, 15) is 18.8 Å². The average Bonchev–Trinajstić information content (AvgIpc) is 2.85. The van der Waals surface area contributed by atoms with Crippen LogP contribution >= 0.6 is 0 Å². The van der Waals surface area contributed by atoms with Crippen LogP contribution in [0.1, 0.15) is 0 Å². The number of esters is 3. The SMILES string of the molecule is C=CC(=O)OCCOc1ccc(-c2ccc(OC(=O)C=C)c(F)c2)cc1OCCOC(=O)C=C. The summed E-state index contributed by atoms with van der Waals surface area (Å²) in [5.74, 6) is -2.32. The molecule has 2 rings (SSSR count). The van der Waals surface area contributed by atoms with Gasteiger partial charge in [0, 0.05) is 18.2 Å². The second-order valence-electron chi connectivity index (χ2n) is 6.37. The van der Waals surface area contributed by atoms with Gasteiger partial charge >= 0.3 is 17.9 Å². The van der Waals surface area contributed by atoms with Crippen LogP contribution in [0.3, 0.4) is 0 Å². The molecule has 0 aliphatic rings. The maximum atomic E-state index is 14.4. The highest BCUT2D eigenvalue weighted by Crippen LogP contribution is 2.34. The highest BCUT2D eigenvalue weighted by Gasteiger charge is 2.13. The summed E-state index contributed by atoms with van der Waals surface area (Å²) in [7, 11) is 0. The molecular weight excluding hydrogens is 447 g/mol. The molecule has 8 nitrogen and oxygen atoms in total. The van der Waals surface area contributed by atoms with Crippen LogP contribution in [0.4, 0.5) is 4.39 Å². The van der Waals surface area contributed by atoms with Crippen molar-refractivity contribution in [2.75, 3.05) is 26.4 Å². The van der Waals surface area contributed by atoms with E-state index in [0.717, 1.165) is 18.2 Å². The molecular formula is C25H23FO8. The van der Waals surface area contributed by atoms with E-state index in [1.54, 1.807) is 24.3 Å². The molecule has 0 saturated carbocycles. The lowest BCUT2D eigenvalue weighted by Crippen LogP contribution is -2.12. The van der Waals surface area contributed by atoms with Crippen LogP contribution in [0.2, 0.25) is 0 Å². The van der Waals surface area contributed by atoms with Gasteiger partial charge in [0.15, 0.2) is 23.1 Å². The molecule has 0 fully saturated rings. The number of hydrogen-bond acceptors (Lipinski definition) is 8. The van der Waals surface area contributed by atoms with Crippen LogP contribution < -0.4 is 14.2 Å². The third-order valence-corrected chi connectivity index (χ3v) is 4.09. The van der Waals surface area contributed by atoms with Gasteiger partial charge in [-0.1, -0.05) is 31.9 Å². The summed E-state index contributed by atoms with van der Waals surface area (Å²) >= 11 is 0. The molecule has 0 N–H and O–H groups in total. The quantitative estimate of drug-likeness (QED) is 0.189. The Bertz CT molecular complexity index is 1080. The van der Waals surface area contributed by atoms with Crippen molar-refractivity contribution >= 4 is 17.9 Å². The van der Waals surface area contributed by atoms with Crippen LogP contribution in [-0.2, 0) is 23.9 Å². The zero-order chi connectivity index (χ0) is 24.9. The molecule has 0 heterocycles. The molecule has 0 atom stereocenters. The molecule has 0 radical (unpaired) electrons. The summed E-state index contributed by atoms with van der Waals surface area (Å²) in [6.45, 7) is 9.89. The van der Waals surface area contributed by atoms with Gasteiger partial charge in [0.25, 0.3) is 0 Å². The molecule has 0 spiro atoms. The average molecular weight is 470 g/mol. The molecule has 34 heavy (non-hydrogen) atoms. The Labute approximate surface area is 195 Å². The van der Waals surface area contributed by atoms with Crippen molar-refractivity contribution < 1.29 is 42.5 Å². The molecule has 2 aromatic carbocycles. The second-order valence-corrected chi connectivity index (χ2v) is 6.37. The van der Waals surface area contributed by atoms with Crippen LogP contribution in [0.15, 0.2) is 74.4 Å². The van der Waals surface area contributed by atoms with Gasteiger partial charge in [0.05, 0.1) is 0 Å². The Hall–Kier alpha value is -4.40. The minimum absolute atomic E-state index is 0.00957. The van der Waals surface area contributed by atoms with Gasteiger partial charge in [0.1, 0.15) is 26.4 Å². The zero-order valence-corrected chi connectivity index (χ0v) is 18.3. The molecule has 0 aliphatic carbocycles. The first kappa shape index (κ1) is 25.9. The fraction of sp³-hybridized carbons (Fsp3) is 0.160. The summed E-state index contributed by atoms with van der Waals surface area (Å²) in [5, 5.41) is 0. The number of rotatable bonds is 13. The van der Waals surface area contributed by atoms with Gasteiger partial charge < -0.3 is 23.7 Å². The largest absolute Gasteiger partial charge is 0.486 e. The first-order valence-corrected chi connectivity index (χ1v) is 10.00. The third-order valence-electron chi connectivity index (χ3n) is 4.09. The van der Waals surface area contributed by atoms with E-state index in [1.165, 1.54) is 12.1 Å². The number of carbonyl (C=O) groups is 3. The van der Waals surface area contributed by atoms with Gasteiger partial charge in [-0.05, 0) is 35.4 Å². The predicted octanol–water partition coefficient (Wildman–Crippen LogP) is 3.80. The normalized spacial score (nSPS) is 9.91. The van der Waals surface area contributed by atoms with Gasteiger partial charge in [0.2, 0.25) is 0 Å². The van der Waals surface area contributed by atoms with Crippen molar-refractivity contribution in [3.63, 3.8) is 0 Å². The number of hydrogen-bond donors (Lipinski definition) is 0. The second kappa shape index (κ2) is 13.2. The van der Waals surface area contributed by atoms with E-state index in [1.807, 2.05) is 0 Å². The molecule has 0 aliphatic heterocycles. The van der Waals surface area contributed by atoms with Crippen molar-refractivity contribution in [3.8, 4) is 28.4 Å². The lowest BCUT2D eigenvalue weighted by atomic mass is 10.0. The number of carbonyl (C=O) groups excluding carboxylic acids is 3. The maximum absolute atomic E-state index is 14.4. The Morgan fingerprint density at radius 1 is 0.676 bits per heavy atom. The fourth-order valence-electron chi connectivity index (χ4n) is 2.54.